The van der Waals surface area contributed by atoms with Crippen molar-refractivity contribution in [1.82, 2.24) is 4.90 Å². The minimum Gasteiger partial charge on any atom is -0.312 e. The lowest BCUT2D eigenvalue weighted by Crippen LogP contribution is -2.45. The van der Waals surface area contributed by atoms with E-state index in [1.54, 1.807) is 0 Å². The lowest BCUT2D eigenvalue weighted by atomic mass is 9.91. The molecular weight excluding hydrogens is 440 g/mol. The number of piperidine rings is 1. The third-order valence-electron chi connectivity index (χ3n) is 7.19. The topological polar surface area (TPSA) is 23.6 Å². The highest BCUT2D eigenvalue weighted by molar-refractivity contribution is 5.94. The Balaban J connectivity index is 0.00000274. The zero-order valence-corrected chi connectivity index (χ0v) is 20.7. The van der Waals surface area contributed by atoms with Crippen LogP contribution in [0.4, 0.5) is 5.69 Å². The van der Waals surface area contributed by atoms with E-state index in [1.165, 1.54) is 54.6 Å². The van der Waals surface area contributed by atoms with Gasteiger partial charge in [0.05, 0.1) is 0 Å². The van der Waals surface area contributed by atoms with Gasteiger partial charge < -0.3 is 9.80 Å². The van der Waals surface area contributed by atoms with E-state index in [4.69, 9.17) is 0 Å². The van der Waals surface area contributed by atoms with Gasteiger partial charge in [0.1, 0.15) is 0 Å². The number of para-hydroxylation sites is 1. The third kappa shape index (κ3) is 5.89. The molecule has 1 fully saturated rings. The molecule has 0 aliphatic carbocycles. The Morgan fingerprint density at radius 3 is 2.24 bits per heavy atom. The SMILES string of the molecule is Cl.O=C(CCc1ccc(-c2ccccc2)cc1)N1CC(CN2CCCCC2)Cc2ccccc21. The first-order valence-corrected chi connectivity index (χ1v) is 12.5. The highest BCUT2D eigenvalue weighted by Gasteiger charge is 2.29. The second kappa shape index (κ2) is 11.7. The molecule has 1 atom stereocenters. The van der Waals surface area contributed by atoms with Crippen LogP contribution in [0.15, 0.2) is 78.9 Å². The van der Waals surface area contributed by atoms with Crippen LogP contribution < -0.4 is 4.90 Å². The van der Waals surface area contributed by atoms with Crippen LogP contribution in [-0.2, 0) is 17.6 Å². The molecule has 0 radical (unpaired) electrons. The van der Waals surface area contributed by atoms with Crippen LogP contribution in [-0.4, -0.2) is 37.0 Å². The number of carbonyl (C=O) groups is 1. The van der Waals surface area contributed by atoms with E-state index < -0.39 is 0 Å². The van der Waals surface area contributed by atoms with Gasteiger partial charge in [-0.05, 0) is 73.0 Å². The Kier molecular flexibility index (Phi) is 8.42. The van der Waals surface area contributed by atoms with Gasteiger partial charge in [0.25, 0.3) is 0 Å². The number of likely N-dealkylation sites (tertiary alicyclic amines) is 1. The first-order chi connectivity index (χ1) is 16.3. The molecule has 1 amide bonds. The van der Waals surface area contributed by atoms with Gasteiger partial charge in [-0.1, -0.05) is 79.2 Å². The van der Waals surface area contributed by atoms with Crippen molar-refractivity contribution in [3.63, 3.8) is 0 Å². The number of nitrogens with zero attached hydrogens (tertiary/aromatic N) is 2. The normalized spacial score (nSPS) is 18.1. The van der Waals surface area contributed by atoms with Crippen molar-refractivity contribution in [3.05, 3.63) is 90.0 Å². The van der Waals surface area contributed by atoms with Gasteiger partial charge in [-0.2, -0.15) is 0 Å². The average molecular weight is 475 g/mol. The van der Waals surface area contributed by atoms with Crippen LogP contribution in [0, 0.1) is 5.92 Å². The van der Waals surface area contributed by atoms with Crippen LogP contribution in [0.3, 0.4) is 0 Å². The molecule has 2 aliphatic heterocycles. The zero-order valence-electron chi connectivity index (χ0n) is 19.9. The van der Waals surface area contributed by atoms with Gasteiger partial charge in [-0.3, -0.25) is 4.79 Å². The predicted octanol–water partition coefficient (Wildman–Crippen LogP) is 6.40. The number of anilines is 1. The molecule has 2 aliphatic rings. The Morgan fingerprint density at radius 1 is 0.794 bits per heavy atom. The minimum atomic E-state index is 0. The standard InChI is InChI=1S/C30H34N2O.ClH/c33-30(18-15-24-13-16-27(17-14-24)26-9-3-1-4-10-26)32-23-25(22-31-19-7-2-8-20-31)21-28-11-5-6-12-29(28)32;/h1,3-6,9-14,16-17,25H,2,7-8,15,18-23H2;1H. The van der Waals surface area contributed by atoms with Gasteiger partial charge in [0, 0.05) is 25.2 Å². The van der Waals surface area contributed by atoms with Gasteiger partial charge in [0.2, 0.25) is 5.91 Å². The number of aryl methyl sites for hydroxylation is 1. The van der Waals surface area contributed by atoms with Crippen molar-refractivity contribution in [3.8, 4) is 11.1 Å². The Labute approximate surface area is 210 Å². The summed E-state index contributed by atoms with van der Waals surface area (Å²) < 4.78 is 0. The molecule has 0 saturated carbocycles. The molecule has 178 valence electrons. The molecule has 4 heteroatoms. The second-order valence-electron chi connectivity index (χ2n) is 9.63. The van der Waals surface area contributed by atoms with Crippen molar-refractivity contribution < 1.29 is 4.79 Å². The van der Waals surface area contributed by atoms with Crippen molar-refractivity contribution in [2.24, 2.45) is 5.92 Å². The maximum atomic E-state index is 13.4. The van der Waals surface area contributed by atoms with Gasteiger partial charge in [-0.25, -0.2) is 0 Å². The number of amides is 1. The number of hydrogen-bond acceptors (Lipinski definition) is 2. The van der Waals surface area contributed by atoms with Crippen LogP contribution >= 0.6 is 12.4 Å². The van der Waals surface area contributed by atoms with E-state index in [0.29, 0.717) is 12.3 Å². The van der Waals surface area contributed by atoms with E-state index in [1.807, 2.05) is 6.07 Å². The maximum Gasteiger partial charge on any atom is 0.227 e. The second-order valence-corrected chi connectivity index (χ2v) is 9.63. The fourth-order valence-electron chi connectivity index (χ4n) is 5.43. The van der Waals surface area contributed by atoms with Crippen molar-refractivity contribution in [1.29, 1.82) is 0 Å². The summed E-state index contributed by atoms with van der Waals surface area (Å²) in [5.74, 6) is 0.769. The molecule has 0 N–H and O–H groups in total. The molecule has 0 bridgehead atoms. The number of benzene rings is 3. The van der Waals surface area contributed by atoms with E-state index in [9.17, 15) is 4.79 Å². The van der Waals surface area contributed by atoms with Crippen LogP contribution in [0.1, 0.15) is 36.8 Å². The summed E-state index contributed by atoms with van der Waals surface area (Å²) in [4.78, 5) is 18.1. The molecular formula is C30H35ClN2O. The molecule has 3 aromatic carbocycles. The monoisotopic (exact) mass is 474 g/mol. The predicted molar refractivity (Wildman–Crippen MR) is 144 cm³/mol. The number of halogens is 1. The zero-order chi connectivity index (χ0) is 22.5. The van der Waals surface area contributed by atoms with E-state index >= 15 is 0 Å². The smallest absolute Gasteiger partial charge is 0.227 e. The van der Waals surface area contributed by atoms with Crippen LogP contribution in [0.2, 0.25) is 0 Å². The Bertz CT molecular complexity index is 1060. The third-order valence-corrected chi connectivity index (χ3v) is 7.19. The molecule has 1 saturated heterocycles. The van der Waals surface area contributed by atoms with Crippen LogP contribution in [0.5, 0.6) is 0 Å². The minimum absolute atomic E-state index is 0. The first kappa shape index (κ1) is 24.5. The van der Waals surface area contributed by atoms with E-state index in [-0.39, 0.29) is 18.3 Å². The first-order valence-electron chi connectivity index (χ1n) is 12.5. The highest BCUT2D eigenvalue weighted by atomic mass is 35.5. The summed E-state index contributed by atoms with van der Waals surface area (Å²) in [5, 5.41) is 0. The molecule has 5 rings (SSSR count). The number of rotatable bonds is 6. The molecule has 3 nitrogen and oxygen atoms in total. The Morgan fingerprint density at radius 2 is 1.47 bits per heavy atom. The summed E-state index contributed by atoms with van der Waals surface area (Å²) in [6.07, 6.45) is 6.40. The van der Waals surface area contributed by atoms with Crippen molar-refractivity contribution in [2.45, 2.75) is 38.5 Å². The Hall–Kier alpha value is -2.62. The molecule has 3 aromatic rings. The highest BCUT2D eigenvalue weighted by Crippen LogP contribution is 2.31. The summed E-state index contributed by atoms with van der Waals surface area (Å²) in [5.41, 5.74) is 6.11. The lowest BCUT2D eigenvalue weighted by molar-refractivity contribution is -0.118. The summed E-state index contributed by atoms with van der Waals surface area (Å²) >= 11 is 0. The van der Waals surface area contributed by atoms with Crippen molar-refractivity contribution in [2.75, 3.05) is 31.1 Å². The fourth-order valence-corrected chi connectivity index (χ4v) is 5.43. The molecule has 2 heterocycles. The molecule has 0 aromatic heterocycles. The number of hydrogen-bond donors (Lipinski definition) is 0. The lowest BCUT2D eigenvalue weighted by Gasteiger charge is -2.38. The van der Waals surface area contributed by atoms with Gasteiger partial charge >= 0.3 is 0 Å². The van der Waals surface area contributed by atoms with E-state index in [2.05, 4.69) is 82.6 Å². The van der Waals surface area contributed by atoms with Crippen molar-refractivity contribution >= 4 is 24.0 Å². The number of fused-ring (bicyclic) bond motifs is 1. The summed E-state index contributed by atoms with van der Waals surface area (Å²) in [7, 11) is 0. The van der Waals surface area contributed by atoms with Gasteiger partial charge in [0.15, 0.2) is 0 Å². The maximum absolute atomic E-state index is 13.4. The average Bonchev–Trinajstić information content (AvgIpc) is 2.88. The molecule has 1 unspecified atom stereocenters. The largest absolute Gasteiger partial charge is 0.312 e. The number of carbonyl (C=O) groups excluding carboxylic acids is 1. The van der Waals surface area contributed by atoms with Crippen LogP contribution in [0.25, 0.3) is 11.1 Å². The summed E-state index contributed by atoms with van der Waals surface area (Å²) in [6.45, 7) is 4.38. The fraction of sp³-hybridized carbons (Fsp3) is 0.367. The van der Waals surface area contributed by atoms with E-state index in [0.717, 1.165) is 31.6 Å². The molecule has 34 heavy (non-hydrogen) atoms. The molecule has 0 spiro atoms. The summed E-state index contributed by atoms with van der Waals surface area (Å²) in [6, 6.07) is 27.6. The quantitative estimate of drug-likeness (QED) is 0.412. The van der Waals surface area contributed by atoms with Gasteiger partial charge in [-0.15, -0.1) is 12.4 Å².